The first kappa shape index (κ1) is 13.4. The SMILES string of the molecule is Cc1ccc2c(N)c(C(=O)N3CCCNCC3)sc2c1. The van der Waals surface area contributed by atoms with Crippen molar-refractivity contribution >= 4 is 33.0 Å². The minimum Gasteiger partial charge on any atom is -0.397 e. The molecule has 4 nitrogen and oxygen atoms in total. The predicted molar refractivity (Wildman–Crippen MR) is 84.4 cm³/mol. The fraction of sp³-hybridized carbons (Fsp3) is 0.400. The second kappa shape index (κ2) is 5.42. The van der Waals surface area contributed by atoms with Crippen molar-refractivity contribution in [3.8, 4) is 0 Å². The van der Waals surface area contributed by atoms with Crippen molar-refractivity contribution in [1.82, 2.24) is 10.2 Å². The van der Waals surface area contributed by atoms with Crippen molar-refractivity contribution in [1.29, 1.82) is 0 Å². The van der Waals surface area contributed by atoms with Gasteiger partial charge in [0.15, 0.2) is 0 Å². The summed E-state index contributed by atoms with van der Waals surface area (Å²) in [5, 5.41) is 4.31. The maximum atomic E-state index is 12.7. The summed E-state index contributed by atoms with van der Waals surface area (Å²) in [5.74, 6) is 0.0741. The molecule has 0 atom stereocenters. The van der Waals surface area contributed by atoms with Gasteiger partial charge in [-0.2, -0.15) is 0 Å². The van der Waals surface area contributed by atoms with Crippen LogP contribution < -0.4 is 11.1 Å². The highest BCUT2D eigenvalue weighted by molar-refractivity contribution is 7.21. The summed E-state index contributed by atoms with van der Waals surface area (Å²) in [6, 6.07) is 6.14. The molecule has 1 aromatic carbocycles. The molecule has 2 aromatic rings. The summed E-state index contributed by atoms with van der Waals surface area (Å²) in [5.41, 5.74) is 8.01. The van der Waals surface area contributed by atoms with Crippen molar-refractivity contribution in [2.75, 3.05) is 31.9 Å². The molecule has 0 saturated carbocycles. The lowest BCUT2D eigenvalue weighted by Gasteiger charge is -2.19. The summed E-state index contributed by atoms with van der Waals surface area (Å²) in [7, 11) is 0. The highest BCUT2D eigenvalue weighted by Crippen LogP contribution is 2.35. The Morgan fingerprint density at radius 1 is 1.35 bits per heavy atom. The van der Waals surface area contributed by atoms with Crippen molar-refractivity contribution in [2.45, 2.75) is 13.3 Å². The van der Waals surface area contributed by atoms with Gasteiger partial charge in [-0.3, -0.25) is 4.79 Å². The monoisotopic (exact) mass is 289 g/mol. The van der Waals surface area contributed by atoms with E-state index in [9.17, 15) is 4.79 Å². The lowest BCUT2D eigenvalue weighted by molar-refractivity contribution is 0.0772. The number of anilines is 1. The Balaban J connectivity index is 1.96. The molecule has 1 fully saturated rings. The van der Waals surface area contributed by atoms with E-state index in [-0.39, 0.29) is 5.91 Å². The number of benzene rings is 1. The number of nitrogen functional groups attached to an aromatic ring is 1. The van der Waals surface area contributed by atoms with Crippen molar-refractivity contribution in [3.63, 3.8) is 0 Å². The fourth-order valence-corrected chi connectivity index (χ4v) is 3.76. The molecule has 1 saturated heterocycles. The minimum atomic E-state index is 0.0741. The maximum Gasteiger partial charge on any atom is 0.266 e. The molecule has 1 aliphatic heterocycles. The van der Waals surface area contributed by atoms with Gasteiger partial charge in [-0.15, -0.1) is 11.3 Å². The Labute approximate surface area is 122 Å². The summed E-state index contributed by atoms with van der Waals surface area (Å²) < 4.78 is 1.10. The molecule has 1 aromatic heterocycles. The lowest BCUT2D eigenvalue weighted by atomic mass is 10.1. The number of carbonyl (C=O) groups is 1. The van der Waals surface area contributed by atoms with Crippen molar-refractivity contribution in [2.24, 2.45) is 0 Å². The molecule has 3 N–H and O–H groups in total. The molecule has 2 heterocycles. The number of carbonyl (C=O) groups excluding carboxylic acids is 1. The highest BCUT2D eigenvalue weighted by Gasteiger charge is 2.22. The van der Waals surface area contributed by atoms with Gasteiger partial charge in [-0.05, 0) is 31.5 Å². The van der Waals surface area contributed by atoms with Gasteiger partial charge in [-0.1, -0.05) is 12.1 Å². The van der Waals surface area contributed by atoms with E-state index in [0.29, 0.717) is 10.6 Å². The summed E-state index contributed by atoms with van der Waals surface area (Å²) in [6.45, 7) is 5.45. The van der Waals surface area contributed by atoms with Gasteiger partial charge in [0, 0.05) is 29.7 Å². The Morgan fingerprint density at radius 2 is 2.20 bits per heavy atom. The van der Waals surface area contributed by atoms with Gasteiger partial charge in [-0.25, -0.2) is 0 Å². The molecule has 1 aliphatic rings. The largest absolute Gasteiger partial charge is 0.397 e. The second-order valence-corrected chi connectivity index (χ2v) is 6.29. The van der Waals surface area contributed by atoms with Gasteiger partial charge in [0.25, 0.3) is 5.91 Å². The van der Waals surface area contributed by atoms with E-state index in [2.05, 4.69) is 18.3 Å². The smallest absolute Gasteiger partial charge is 0.266 e. The molecule has 1 amide bonds. The first-order valence-corrected chi connectivity index (χ1v) is 7.77. The van der Waals surface area contributed by atoms with E-state index in [4.69, 9.17) is 5.73 Å². The number of nitrogens with two attached hydrogens (primary N) is 1. The van der Waals surface area contributed by atoms with Crippen molar-refractivity contribution < 1.29 is 4.79 Å². The number of fused-ring (bicyclic) bond motifs is 1. The summed E-state index contributed by atoms with van der Waals surface area (Å²) in [4.78, 5) is 15.3. The van der Waals surface area contributed by atoms with Crippen LogP contribution in [0.4, 0.5) is 5.69 Å². The Hall–Kier alpha value is -1.59. The summed E-state index contributed by atoms with van der Waals surface area (Å²) >= 11 is 1.51. The number of aryl methyl sites for hydroxylation is 1. The number of hydrogen-bond acceptors (Lipinski definition) is 4. The lowest BCUT2D eigenvalue weighted by Crippen LogP contribution is -2.34. The fourth-order valence-electron chi connectivity index (χ4n) is 2.58. The zero-order chi connectivity index (χ0) is 14.1. The van der Waals surface area contributed by atoms with Gasteiger partial charge >= 0.3 is 0 Å². The number of amides is 1. The maximum absolute atomic E-state index is 12.7. The molecule has 0 bridgehead atoms. The van der Waals surface area contributed by atoms with E-state index < -0.39 is 0 Å². The van der Waals surface area contributed by atoms with Crippen LogP contribution in [0, 0.1) is 6.92 Å². The Kier molecular flexibility index (Phi) is 3.63. The molecule has 20 heavy (non-hydrogen) atoms. The topological polar surface area (TPSA) is 58.4 Å². The molecular weight excluding hydrogens is 270 g/mol. The van der Waals surface area contributed by atoms with E-state index in [0.717, 1.165) is 42.7 Å². The zero-order valence-corrected chi connectivity index (χ0v) is 12.4. The van der Waals surface area contributed by atoms with Gasteiger partial charge < -0.3 is 16.0 Å². The molecule has 5 heteroatoms. The summed E-state index contributed by atoms with van der Waals surface area (Å²) in [6.07, 6.45) is 0.996. The van der Waals surface area contributed by atoms with E-state index in [1.807, 2.05) is 17.0 Å². The van der Waals surface area contributed by atoms with Crippen LogP contribution in [0.5, 0.6) is 0 Å². The number of nitrogens with zero attached hydrogens (tertiary/aromatic N) is 1. The predicted octanol–water partition coefficient (Wildman–Crippen LogP) is 2.23. The third-order valence-corrected chi connectivity index (χ3v) is 4.86. The van der Waals surface area contributed by atoms with Gasteiger partial charge in [0.2, 0.25) is 0 Å². The van der Waals surface area contributed by atoms with Crippen LogP contribution in [0.3, 0.4) is 0 Å². The third kappa shape index (κ3) is 2.39. The van der Waals surface area contributed by atoms with Gasteiger partial charge in [0.1, 0.15) is 4.88 Å². The molecule has 0 spiro atoms. The van der Waals surface area contributed by atoms with Crippen LogP contribution in [0.15, 0.2) is 18.2 Å². The van der Waals surface area contributed by atoms with E-state index >= 15 is 0 Å². The van der Waals surface area contributed by atoms with Crippen LogP contribution in [0.25, 0.3) is 10.1 Å². The molecule has 3 rings (SSSR count). The Morgan fingerprint density at radius 3 is 3.05 bits per heavy atom. The Bertz CT molecular complexity index is 642. The number of rotatable bonds is 1. The first-order chi connectivity index (χ1) is 9.66. The molecule has 106 valence electrons. The van der Waals surface area contributed by atoms with Crippen LogP contribution in [-0.2, 0) is 0 Å². The average Bonchev–Trinajstić information content (AvgIpc) is 2.65. The normalized spacial score (nSPS) is 16.4. The quantitative estimate of drug-likeness (QED) is 0.846. The minimum absolute atomic E-state index is 0.0741. The number of thiophene rings is 1. The van der Waals surface area contributed by atoms with E-state index in [1.54, 1.807) is 0 Å². The molecule has 0 unspecified atom stereocenters. The van der Waals surface area contributed by atoms with Crippen molar-refractivity contribution in [3.05, 3.63) is 28.6 Å². The molecule has 0 radical (unpaired) electrons. The number of hydrogen-bond donors (Lipinski definition) is 2. The highest BCUT2D eigenvalue weighted by atomic mass is 32.1. The second-order valence-electron chi connectivity index (χ2n) is 5.24. The average molecular weight is 289 g/mol. The van der Waals surface area contributed by atoms with Crippen LogP contribution in [-0.4, -0.2) is 37.0 Å². The molecular formula is C15H19N3OS. The van der Waals surface area contributed by atoms with Crippen LogP contribution in [0.1, 0.15) is 21.7 Å². The molecule has 0 aliphatic carbocycles. The van der Waals surface area contributed by atoms with Crippen LogP contribution in [0.2, 0.25) is 0 Å². The van der Waals surface area contributed by atoms with Crippen LogP contribution >= 0.6 is 11.3 Å². The first-order valence-electron chi connectivity index (χ1n) is 6.95. The third-order valence-electron chi connectivity index (χ3n) is 3.71. The number of nitrogens with one attached hydrogen (secondary N) is 1. The standard InChI is InChI=1S/C15H19N3OS/c1-10-3-4-11-12(9-10)20-14(13(11)16)15(19)18-7-2-5-17-6-8-18/h3-4,9,17H,2,5-8,16H2,1H3. The zero-order valence-electron chi connectivity index (χ0n) is 11.6. The van der Waals surface area contributed by atoms with E-state index in [1.165, 1.54) is 16.9 Å². The van der Waals surface area contributed by atoms with Gasteiger partial charge in [0.05, 0.1) is 5.69 Å².